The third-order valence-electron chi connectivity index (χ3n) is 4.34. The van der Waals surface area contributed by atoms with Gasteiger partial charge in [-0.2, -0.15) is 0 Å². The summed E-state index contributed by atoms with van der Waals surface area (Å²) in [6, 6.07) is 5.88. The number of aliphatic carboxylic acids is 3. The topological polar surface area (TPSA) is 150 Å². The molecule has 0 fully saturated rings. The smallest absolute Gasteiger partial charge is 0.356 e. The lowest BCUT2D eigenvalue weighted by molar-refractivity contribution is -0.159. The fraction of sp³-hybridized carbons (Fsp3) is 0.455. The van der Waals surface area contributed by atoms with Crippen molar-refractivity contribution in [3.63, 3.8) is 0 Å². The highest BCUT2D eigenvalue weighted by molar-refractivity contribution is 5.96. The molecule has 1 amide bonds. The summed E-state index contributed by atoms with van der Waals surface area (Å²) >= 11 is 0. The van der Waals surface area contributed by atoms with E-state index in [1.165, 1.54) is 12.1 Å². The summed E-state index contributed by atoms with van der Waals surface area (Å²) < 4.78 is 4.98. The van der Waals surface area contributed by atoms with Gasteiger partial charge in [0.05, 0.1) is 12.5 Å². The van der Waals surface area contributed by atoms with Crippen LogP contribution in [0.4, 0.5) is 0 Å². The van der Waals surface area contributed by atoms with E-state index in [1.54, 1.807) is 12.1 Å². The van der Waals surface area contributed by atoms with Crippen molar-refractivity contribution >= 4 is 23.8 Å². The van der Waals surface area contributed by atoms with Gasteiger partial charge in [0, 0.05) is 6.42 Å². The van der Waals surface area contributed by atoms with Crippen LogP contribution in [-0.4, -0.2) is 51.3 Å². The maximum absolute atomic E-state index is 12.0. The molecule has 9 heteroatoms. The number of carbonyl (C=O) groups is 4. The minimum atomic E-state index is -2.00. The second-order valence-electron chi connectivity index (χ2n) is 7.01. The number of hydrogen-bond acceptors (Lipinski definition) is 5. The second-order valence-corrected chi connectivity index (χ2v) is 7.01. The first-order valence-corrected chi connectivity index (χ1v) is 10.1. The average molecular weight is 435 g/mol. The zero-order valence-corrected chi connectivity index (χ0v) is 17.5. The number of unbranched alkanes of at least 4 members (excludes halogenated alkanes) is 3. The molecule has 0 aliphatic rings. The fourth-order valence-electron chi connectivity index (χ4n) is 2.74. The van der Waals surface area contributed by atoms with Crippen LogP contribution < -0.4 is 10.1 Å². The van der Waals surface area contributed by atoms with Gasteiger partial charge in [0.1, 0.15) is 5.75 Å². The van der Waals surface area contributed by atoms with Crippen molar-refractivity contribution < 1.29 is 39.2 Å². The van der Waals surface area contributed by atoms with Crippen molar-refractivity contribution in [1.82, 2.24) is 5.32 Å². The molecule has 0 unspecified atom stereocenters. The van der Waals surface area contributed by atoms with Crippen LogP contribution >= 0.6 is 0 Å². The number of amides is 1. The summed E-state index contributed by atoms with van der Waals surface area (Å²) in [5.41, 5.74) is 0.802. The molecule has 0 radical (unpaired) electrons. The SMILES string of the molecule is CCCCC/C=C\[C@H](Cc1ccc(OC(C(=O)O)C(=O)O)cc1)NC(=O)CCC(=O)O. The second kappa shape index (κ2) is 13.8. The molecule has 0 aliphatic heterocycles. The predicted octanol–water partition coefficient (Wildman–Crippen LogP) is 2.63. The zero-order chi connectivity index (χ0) is 23.2. The highest BCUT2D eigenvalue weighted by Crippen LogP contribution is 2.16. The third-order valence-corrected chi connectivity index (χ3v) is 4.34. The molecule has 9 nitrogen and oxygen atoms in total. The summed E-state index contributed by atoms with van der Waals surface area (Å²) in [5.74, 6) is -4.52. The molecule has 0 saturated heterocycles. The molecule has 0 bridgehead atoms. The maximum Gasteiger partial charge on any atom is 0.356 e. The van der Waals surface area contributed by atoms with E-state index in [4.69, 9.17) is 20.1 Å². The first-order chi connectivity index (χ1) is 14.7. The van der Waals surface area contributed by atoms with Crippen molar-refractivity contribution in [3.05, 3.63) is 42.0 Å². The number of ether oxygens (including phenoxy) is 1. The van der Waals surface area contributed by atoms with Crippen molar-refractivity contribution in [2.24, 2.45) is 0 Å². The number of hydrogen-bond donors (Lipinski definition) is 4. The number of nitrogens with one attached hydrogen (secondary N) is 1. The Morgan fingerprint density at radius 2 is 1.65 bits per heavy atom. The van der Waals surface area contributed by atoms with Gasteiger partial charge in [-0.1, -0.05) is 44.1 Å². The minimum absolute atomic E-state index is 0.0932. The Kier molecular flexibility index (Phi) is 11.4. The normalized spacial score (nSPS) is 11.9. The molecule has 0 heterocycles. The lowest BCUT2D eigenvalue weighted by atomic mass is 10.0. The van der Waals surface area contributed by atoms with Crippen molar-refractivity contribution in [2.75, 3.05) is 0 Å². The fourth-order valence-corrected chi connectivity index (χ4v) is 2.74. The largest absolute Gasteiger partial charge is 0.481 e. The zero-order valence-electron chi connectivity index (χ0n) is 17.5. The summed E-state index contributed by atoms with van der Waals surface area (Å²) in [6.07, 6.45) is 6.03. The van der Waals surface area contributed by atoms with Crippen LogP contribution in [0.2, 0.25) is 0 Å². The van der Waals surface area contributed by atoms with Crippen molar-refractivity contribution in [3.8, 4) is 5.75 Å². The van der Waals surface area contributed by atoms with Crippen LogP contribution in [0.1, 0.15) is 51.0 Å². The van der Waals surface area contributed by atoms with E-state index in [-0.39, 0.29) is 30.5 Å². The van der Waals surface area contributed by atoms with E-state index in [2.05, 4.69) is 12.2 Å². The Labute approximate surface area is 180 Å². The molecule has 0 aromatic heterocycles. The average Bonchev–Trinajstić information content (AvgIpc) is 2.70. The van der Waals surface area contributed by atoms with Crippen LogP contribution in [0.3, 0.4) is 0 Å². The number of carbonyl (C=O) groups excluding carboxylic acids is 1. The Bertz CT molecular complexity index is 758. The van der Waals surface area contributed by atoms with Gasteiger partial charge in [-0.25, -0.2) is 9.59 Å². The lowest BCUT2D eigenvalue weighted by Crippen LogP contribution is -2.35. The summed E-state index contributed by atoms with van der Waals surface area (Å²) in [6.45, 7) is 2.11. The van der Waals surface area contributed by atoms with E-state index >= 15 is 0 Å². The first kappa shape index (κ1) is 25.7. The molecule has 31 heavy (non-hydrogen) atoms. The number of rotatable bonds is 15. The standard InChI is InChI=1S/C22H29NO8/c1-2-3-4-5-6-7-16(23-18(24)12-13-19(25)26)14-15-8-10-17(11-9-15)31-20(21(27)28)22(29)30/h6-11,16,20H,2-5,12-14H2,1H3,(H,23,24)(H,25,26)(H,27,28)(H,29,30)/b7-6-/t16-/m1/s1. The van der Waals surface area contributed by atoms with Gasteiger partial charge in [-0.05, 0) is 37.0 Å². The monoisotopic (exact) mass is 435 g/mol. The Hall–Kier alpha value is -3.36. The Morgan fingerprint density at radius 3 is 2.19 bits per heavy atom. The minimum Gasteiger partial charge on any atom is -0.481 e. The van der Waals surface area contributed by atoms with Crippen LogP contribution in [-0.2, 0) is 25.6 Å². The van der Waals surface area contributed by atoms with Gasteiger partial charge in [0.25, 0.3) is 6.10 Å². The Morgan fingerprint density at radius 1 is 1.00 bits per heavy atom. The molecule has 1 aromatic rings. The molecular formula is C22H29NO8. The maximum atomic E-state index is 12.0. The molecule has 170 valence electrons. The Balaban J connectivity index is 2.79. The molecule has 1 atom stereocenters. The molecule has 0 spiro atoms. The van der Waals surface area contributed by atoms with E-state index < -0.39 is 24.0 Å². The van der Waals surface area contributed by atoms with Gasteiger partial charge >= 0.3 is 17.9 Å². The number of carboxylic acids is 3. The van der Waals surface area contributed by atoms with E-state index in [0.717, 1.165) is 31.2 Å². The molecule has 1 aromatic carbocycles. The van der Waals surface area contributed by atoms with Gasteiger partial charge in [0.2, 0.25) is 5.91 Å². The van der Waals surface area contributed by atoms with Crippen LogP contribution in [0.15, 0.2) is 36.4 Å². The molecule has 0 saturated carbocycles. The summed E-state index contributed by atoms with van der Waals surface area (Å²) in [7, 11) is 0. The number of allylic oxidation sites excluding steroid dienone is 1. The van der Waals surface area contributed by atoms with E-state index in [0.29, 0.717) is 6.42 Å². The van der Waals surface area contributed by atoms with Gasteiger partial charge in [-0.15, -0.1) is 0 Å². The van der Waals surface area contributed by atoms with Crippen molar-refractivity contribution in [2.45, 2.75) is 64.0 Å². The molecular weight excluding hydrogens is 406 g/mol. The highest BCUT2D eigenvalue weighted by atomic mass is 16.5. The molecule has 0 aliphatic carbocycles. The van der Waals surface area contributed by atoms with Crippen LogP contribution in [0.25, 0.3) is 0 Å². The van der Waals surface area contributed by atoms with Gasteiger partial charge in [-0.3, -0.25) is 9.59 Å². The van der Waals surface area contributed by atoms with Crippen LogP contribution in [0.5, 0.6) is 5.75 Å². The quantitative estimate of drug-likeness (QED) is 0.186. The molecule has 4 N–H and O–H groups in total. The lowest BCUT2D eigenvalue weighted by Gasteiger charge is -2.16. The van der Waals surface area contributed by atoms with Gasteiger partial charge in [0.15, 0.2) is 0 Å². The summed E-state index contributed by atoms with van der Waals surface area (Å²) in [5, 5.41) is 29.3. The predicted molar refractivity (Wildman–Crippen MR) is 112 cm³/mol. The van der Waals surface area contributed by atoms with Gasteiger partial charge < -0.3 is 25.4 Å². The number of benzene rings is 1. The molecule has 1 rings (SSSR count). The highest BCUT2D eigenvalue weighted by Gasteiger charge is 2.27. The third kappa shape index (κ3) is 10.8. The first-order valence-electron chi connectivity index (χ1n) is 10.1. The number of carboxylic acid groups (broad SMARTS) is 3. The summed E-state index contributed by atoms with van der Waals surface area (Å²) in [4.78, 5) is 44.6. The van der Waals surface area contributed by atoms with Crippen LogP contribution in [0, 0.1) is 0 Å². The van der Waals surface area contributed by atoms with E-state index in [1.807, 2.05) is 12.2 Å². The van der Waals surface area contributed by atoms with Crippen molar-refractivity contribution in [1.29, 1.82) is 0 Å². The van der Waals surface area contributed by atoms with E-state index in [9.17, 15) is 19.2 Å².